The molecule has 5 nitrogen and oxygen atoms in total. The van der Waals surface area contributed by atoms with Crippen molar-refractivity contribution in [2.75, 3.05) is 19.6 Å². The molecule has 0 bridgehead atoms. The smallest absolute Gasteiger partial charge is 0.234 e. The quantitative estimate of drug-likeness (QED) is 0.752. The number of benzene rings is 1. The summed E-state index contributed by atoms with van der Waals surface area (Å²) in [5.41, 5.74) is 2.62. The zero-order valence-corrected chi connectivity index (χ0v) is 14.0. The predicted molar refractivity (Wildman–Crippen MR) is 90.5 cm³/mol. The molecule has 0 spiro atoms. The maximum absolute atomic E-state index is 12.1. The average molecular weight is 348 g/mol. The topological polar surface area (TPSA) is 64.6 Å². The van der Waals surface area contributed by atoms with Gasteiger partial charge in [-0.1, -0.05) is 24.3 Å². The summed E-state index contributed by atoms with van der Waals surface area (Å²) in [7, 11) is 0. The highest BCUT2D eigenvalue weighted by Gasteiger charge is 2.26. The minimum atomic E-state index is -0.483. The van der Waals surface area contributed by atoms with Crippen molar-refractivity contribution in [2.24, 2.45) is 0 Å². The first-order valence-electron chi connectivity index (χ1n) is 7.19. The van der Waals surface area contributed by atoms with Crippen LogP contribution in [0.5, 0.6) is 0 Å². The van der Waals surface area contributed by atoms with Crippen molar-refractivity contribution in [3.8, 4) is 0 Å². The van der Waals surface area contributed by atoms with Gasteiger partial charge in [-0.3, -0.25) is 9.69 Å². The molecule has 0 radical (unpaired) electrons. The summed E-state index contributed by atoms with van der Waals surface area (Å²) in [5.74, 6) is 0.00348. The molecule has 2 aliphatic rings. The molecule has 3 rings (SSSR count). The van der Waals surface area contributed by atoms with Gasteiger partial charge in [0.25, 0.3) is 0 Å². The molecule has 1 fully saturated rings. The van der Waals surface area contributed by atoms with Crippen LogP contribution < -0.4 is 10.6 Å². The minimum absolute atomic E-state index is 0. The van der Waals surface area contributed by atoms with Crippen molar-refractivity contribution >= 4 is 30.7 Å². The van der Waals surface area contributed by atoms with E-state index in [1.54, 1.807) is 0 Å². The first-order chi connectivity index (χ1) is 9.72. The van der Waals surface area contributed by atoms with Crippen molar-refractivity contribution in [1.29, 1.82) is 0 Å². The van der Waals surface area contributed by atoms with Crippen molar-refractivity contribution in [3.63, 3.8) is 0 Å². The van der Waals surface area contributed by atoms with Crippen molar-refractivity contribution in [3.05, 3.63) is 35.4 Å². The maximum Gasteiger partial charge on any atom is 0.234 e. The molecule has 1 amide bonds. The van der Waals surface area contributed by atoms with E-state index in [1.807, 2.05) is 12.1 Å². The molecule has 22 heavy (non-hydrogen) atoms. The first kappa shape index (κ1) is 19.2. The Hall–Kier alpha value is -0.850. The fourth-order valence-corrected chi connectivity index (χ4v) is 2.98. The Morgan fingerprint density at radius 2 is 1.91 bits per heavy atom. The third-order valence-electron chi connectivity index (χ3n) is 4.07. The maximum atomic E-state index is 12.1. The van der Waals surface area contributed by atoms with Gasteiger partial charge < -0.3 is 15.7 Å². The van der Waals surface area contributed by atoms with E-state index in [2.05, 4.69) is 27.7 Å². The fourth-order valence-electron chi connectivity index (χ4n) is 2.98. The zero-order valence-electron chi connectivity index (χ0n) is 12.3. The zero-order chi connectivity index (χ0) is 13.9. The highest BCUT2D eigenvalue weighted by atomic mass is 35.5. The lowest BCUT2D eigenvalue weighted by molar-refractivity contribution is -0.124. The normalized spacial score (nSPS) is 23.9. The van der Waals surface area contributed by atoms with Crippen LogP contribution in [0.1, 0.15) is 17.5 Å². The van der Waals surface area contributed by atoms with Crippen molar-refractivity contribution in [2.45, 2.75) is 31.7 Å². The summed E-state index contributed by atoms with van der Waals surface area (Å²) < 4.78 is 0. The van der Waals surface area contributed by atoms with Gasteiger partial charge in [0.1, 0.15) is 0 Å². The molecule has 1 aromatic carbocycles. The van der Waals surface area contributed by atoms with Gasteiger partial charge in [-0.05, 0) is 24.1 Å². The van der Waals surface area contributed by atoms with E-state index in [0.717, 1.165) is 26.1 Å². The number of piperidine rings is 1. The second-order valence-electron chi connectivity index (χ2n) is 5.65. The van der Waals surface area contributed by atoms with E-state index >= 15 is 0 Å². The molecule has 0 saturated carbocycles. The monoisotopic (exact) mass is 347 g/mol. The lowest BCUT2D eigenvalue weighted by atomic mass is 10.0. The summed E-state index contributed by atoms with van der Waals surface area (Å²) >= 11 is 0. The Labute approximate surface area is 143 Å². The Balaban J connectivity index is 0.00000121. The summed E-state index contributed by atoms with van der Waals surface area (Å²) in [5, 5.41) is 15.9. The molecule has 7 heteroatoms. The van der Waals surface area contributed by atoms with Crippen LogP contribution in [0.15, 0.2) is 24.3 Å². The van der Waals surface area contributed by atoms with Crippen LogP contribution in [0.25, 0.3) is 0 Å². The van der Waals surface area contributed by atoms with Crippen LogP contribution in [-0.2, 0) is 17.9 Å². The van der Waals surface area contributed by atoms with Crippen molar-refractivity contribution in [1.82, 2.24) is 15.5 Å². The number of carbonyl (C=O) groups excluding carboxylic acids is 1. The van der Waals surface area contributed by atoms with Gasteiger partial charge in [-0.2, -0.15) is 0 Å². The van der Waals surface area contributed by atoms with E-state index in [-0.39, 0.29) is 36.8 Å². The number of aliphatic hydroxyl groups excluding tert-OH is 1. The number of rotatable bonds is 3. The van der Waals surface area contributed by atoms with Gasteiger partial charge in [-0.25, -0.2) is 0 Å². The summed E-state index contributed by atoms with van der Waals surface area (Å²) in [6.07, 6.45) is 0.302. The summed E-state index contributed by atoms with van der Waals surface area (Å²) in [4.78, 5) is 14.2. The van der Waals surface area contributed by atoms with E-state index in [9.17, 15) is 9.90 Å². The number of hydrogen-bond acceptors (Lipinski definition) is 4. The van der Waals surface area contributed by atoms with Crippen LogP contribution in [0, 0.1) is 0 Å². The van der Waals surface area contributed by atoms with Crippen LogP contribution >= 0.6 is 24.8 Å². The molecular weight excluding hydrogens is 325 g/mol. The molecular formula is C15H23Cl2N3O2. The van der Waals surface area contributed by atoms with E-state index in [0.29, 0.717) is 13.1 Å². The molecule has 2 aliphatic heterocycles. The highest BCUT2D eigenvalue weighted by Crippen LogP contribution is 2.21. The average Bonchev–Trinajstić information content (AvgIpc) is 2.83. The molecule has 2 heterocycles. The van der Waals surface area contributed by atoms with E-state index in [1.165, 1.54) is 11.1 Å². The summed E-state index contributed by atoms with van der Waals surface area (Å²) in [6, 6.07) is 8.18. The molecule has 2 atom stereocenters. The fraction of sp³-hybridized carbons (Fsp3) is 0.533. The van der Waals surface area contributed by atoms with Gasteiger partial charge in [0, 0.05) is 19.6 Å². The first-order valence-corrected chi connectivity index (χ1v) is 7.19. The standard InChI is InChI=1S/C15H21N3O2.2ClH/c19-14-7-16-6-5-13(14)17-15(20)10-18-8-11-3-1-2-4-12(11)9-18;;/h1-4,13-14,16,19H,5-10H2,(H,17,20);2*1H/t13-,14-;;/m1../s1. The second kappa shape index (κ2) is 8.70. The largest absolute Gasteiger partial charge is 0.390 e. The molecule has 3 N–H and O–H groups in total. The number of nitrogens with zero attached hydrogens (tertiary/aromatic N) is 1. The van der Waals surface area contributed by atoms with E-state index in [4.69, 9.17) is 0 Å². The number of halogens is 2. The SMILES string of the molecule is Cl.Cl.O=C(CN1Cc2ccccc2C1)N[C@@H]1CCNC[C@H]1O. The highest BCUT2D eigenvalue weighted by molar-refractivity contribution is 5.85. The minimum Gasteiger partial charge on any atom is -0.390 e. The molecule has 0 aromatic heterocycles. The lowest BCUT2D eigenvalue weighted by Crippen LogP contribution is -2.54. The number of β-amino-alcohol motifs (C(OH)–C–C–N with tert-alkyl or cyclic N) is 1. The Morgan fingerprint density at radius 1 is 1.27 bits per heavy atom. The number of carbonyl (C=O) groups is 1. The van der Waals surface area contributed by atoms with Gasteiger partial charge >= 0.3 is 0 Å². The summed E-state index contributed by atoms with van der Waals surface area (Å²) in [6.45, 7) is 3.46. The van der Waals surface area contributed by atoms with Crippen molar-refractivity contribution < 1.29 is 9.90 Å². The number of fused-ring (bicyclic) bond motifs is 1. The number of amides is 1. The predicted octanol–water partition coefficient (Wildman–Crippen LogP) is 0.685. The number of hydrogen-bond donors (Lipinski definition) is 3. The lowest BCUT2D eigenvalue weighted by Gasteiger charge is -2.29. The second-order valence-corrected chi connectivity index (χ2v) is 5.65. The molecule has 1 aromatic rings. The van der Waals surface area contributed by atoms with Crippen LogP contribution in [0.2, 0.25) is 0 Å². The van der Waals surface area contributed by atoms with Crippen LogP contribution in [0.4, 0.5) is 0 Å². The molecule has 0 unspecified atom stereocenters. The Morgan fingerprint density at radius 3 is 2.50 bits per heavy atom. The molecule has 1 saturated heterocycles. The van der Waals surface area contributed by atoms with Gasteiger partial charge in [-0.15, -0.1) is 24.8 Å². The third-order valence-corrected chi connectivity index (χ3v) is 4.07. The molecule has 0 aliphatic carbocycles. The number of aliphatic hydroxyl groups is 1. The molecule has 124 valence electrons. The number of nitrogens with one attached hydrogen (secondary N) is 2. The van der Waals surface area contributed by atoms with Crippen LogP contribution in [-0.4, -0.2) is 47.7 Å². The Kier molecular flexibility index (Phi) is 7.59. The van der Waals surface area contributed by atoms with Crippen LogP contribution in [0.3, 0.4) is 0 Å². The van der Waals surface area contributed by atoms with Gasteiger partial charge in [0.15, 0.2) is 0 Å². The van der Waals surface area contributed by atoms with Gasteiger partial charge in [0.05, 0.1) is 18.7 Å². The van der Waals surface area contributed by atoms with Gasteiger partial charge in [0.2, 0.25) is 5.91 Å². The third kappa shape index (κ3) is 4.57. The Bertz CT molecular complexity index is 476. The van der Waals surface area contributed by atoms with E-state index < -0.39 is 6.10 Å².